The summed E-state index contributed by atoms with van der Waals surface area (Å²) in [6, 6.07) is 0. The summed E-state index contributed by atoms with van der Waals surface area (Å²) < 4.78 is 0. The van der Waals surface area contributed by atoms with Crippen molar-refractivity contribution in [2.24, 2.45) is 0 Å². The summed E-state index contributed by atoms with van der Waals surface area (Å²) in [5.41, 5.74) is -0.581. The molecular formula is C14H28N2O2. The van der Waals surface area contributed by atoms with E-state index >= 15 is 0 Å². The minimum Gasteiger partial charge on any atom is -0.480 e. The second-order valence-electron chi connectivity index (χ2n) is 5.20. The summed E-state index contributed by atoms with van der Waals surface area (Å²) in [6.07, 6.45) is 3.55. The first-order valence-corrected chi connectivity index (χ1v) is 7.31. The molecule has 0 aliphatic carbocycles. The second-order valence-corrected chi connectivity index (χ2v) is 5.20. The Bertz CT molecular complexity index is 267. The van der Waals surface area contributed by atoms with Crippen LogP contribution < -0.4 is 0 Å². The Kier molecular flexibility index (Phi) is 6.09. The van der Waals surface area contributed by atoms with E-state index in [2.05, 4.69) is 30.6 Å². The van der Waals surface area contributed by atoms with E-state index in [1.807, 2.05) is 0 Å². The smallest absolute Gasteiger partial charge is 0.324 e. The highest BCUT2D eigenvalue weighted by Crippen LogP contribution is 2.33. The molecular weight excluding hydrogens is 228 g/mol. The quantitative estimate of drug-likeness (QED) is 0.722. The molecule has 1 fully saturated rings. The third-order valence-electron chi connectivity index (χ3n) is 4.27. The van der Waals surface area contributed by atoms with Crippen LogP contribution in [0.3, 0.4) is 0 Å². The Morgan fingerprint density at radius 2 is 2.00 bits per heavy atom. The van der Waals surface area contributed by atoms with Gasteiger partial charge in [0.1, 0.15) is 5.54 Å². The van der Waals surface area contributed by atoms with E-state index in [1.54, 1.807) is 0 Å². The lowest BCUT2D eigenvalue weighted by atomic mass is 9.90. The van der Waals surface area contributed by atoms with Gasteiger partial charge in [-0.05, 0) is 38.9 Å². The van der Waals surface area contributed by atoms with Crippen LogP contribution in [-0.2, 0) is 4.79 Å². The molecule has 0 saturated carbocycles. The average molecular weight is 256 g/mol. The van der Waals surface area contributed by atoms with Crippen LogP contribution in [0.4, 0.5) is 0 Å². The molecule has 1 heterocycles. The molecule has 0 aromatic rings. The van der Waals surface area contributed by atoms with Gasteiger partial charge in [-0.1, -0.05) is 27.2 Å². The van der Waals surface area contributed by atoms with E-state index in [9.17, 15) is 9.90 Å². The van der Waals surface area contributed by atoms with Crippen LogP contribution >= 0.6 is 0 Å². The van der Waals surface area contributed by atoms with Crippen LogP contribution in [0.1, 0.15) is 46.5 Å². The lowest BCUT2D eigenvalue weighted by Crippen LogP contribution is -2.52. The van der Waals surface area contributed by atoms with Gasteiger partial charge in [0.25, 0.3) is 0 Å². The fourth-order valence-corrected chi connectivity index (χ4v) is 3.11. The van der Waals surface area contributed by atoms with Crippen LogP contribution in [0.15, 0.2) is 0 Å². The minimum atomic E-state index is -0.624. The van der Waals surface area contributed by atoms with E-state index in [0.29, 0.717) is 0 Å². The standard InChI is InChI=1S/C14H28N2O2/c1-4-8-14(13(17)18)9-7-10-16(14)12-11-15(5-2)6-3/h4-12H2,1-3H3,(H,17,18). The Morgan fingerprint density at radius 1 is 1.33 bits per heavy atom. The molecule has 1 unspecified atom stereocenters. The van der Waals surface area contributed by atoms with Gasteiger partial charge in [0.05, 0.1) is 0 Å². The number of carboxylic acid groups (broad SMARTS) is 1. The molecule has 106 valence electrons. The zero-order chi connectivity index (χ0) is 13.6. The summed E-state index contributed by atoms with van der Waals surface area (Å²) in [4.78, 5) is 16.2. The highest BCUT2D eigenvalue weighted by Gasteiger charge is 2.46. The molecule has 1 N–H and O–H groups in total. The van der Waals surface area contributed by atoms with Crippen molar-refractivity contribution in [1.82, 2.24) is 9.80 Å². The van der Waals surface area contributed by atoms with Gasteiger partial charge in [0.2, 0.25) is 0 Å². The predicted molar refractivity (Wildman–Crippen MR) is 73.9 cm³/mol. The number of likely N-dealkylation sites (N-methyl/N-ethyl adjacent to an activating group) is 1. The maximum absolute atomic E-state index is 11.7. The van der Waals surface area contributed by atoms with Gasteiger partial charge < -0.3 is 10.0 Å². The van der Waals surface area contributed by atoms with Gasteiger partial charge in [-0.3, -0.25) is 9.69 Å². The van der Waals surface area contributed by atoms with Gasteiger partial charge in [0.15, 0.2) is 0 Å². The Hall–Kier alpha value is -0.610. The average Bonchev–Trinajstić information content (AvgIpc) is 2.75. The fourth-order valence-electron chi connectivity index (χ4n) is 3.11. The van der Waals surface area contributed by atoms with Gasteiger partial charge in [-0.25, -0.2) is 0 Å². The highest BCUT2D eigenvalue weighted by atomic mass is 16.4. The van der Waals surface area contributed by atoms with E-state index in [4.69, 9.17) is 0 Å². The number of hydrogen-bond acceptors (Lipinski definition) is 3. The molecule has 0 aromatic heterocycles. The Morgan fingerprint density at radius 3 is 2.50 bits per heavy atom. The summed E-state index contributed by atoms with van der Waals surface area (Å²) in [7, 11) is 0. The third kappa shape index (κ3) is 3.23. The summed E-state index contributed by atoms with van der Waals surface area (Å²) in [6.45, 7) is 11.3. The molecule has 18 heavy (non-hydrogen) atoms. The maximum Gasteiger partial charge on any atom is 0.324 e. The number of hydrogen-bond donors (Lipinski definition) is 1. The molecule has 4 nitrogen and oxygen atoms in total. The number of nitrogens with zero attached hydrogens (tertiary/aromatic N) is 2. The normalized spacial score (nSPS) is 24.9. The molecule has 1 aliphatic heterocycles. The zero-order valence-corrected chi connectivity index (χ0v) is 12.1. The van der Waals surface area contributed by atoms with Crippen LogP contribution in [-0.4, -0.2) is 59.1 Å². The third-order valence-corrected chi connectivity index (χ3v) is 4.27. The van der Waals surface area contributed by atoms with Gasteiger partial charge in [0, 0.05) is 13.1 Å². The number of rotatable bonds is 8. The Labute approximate surface area is 111 Å². The van der Waals surface area contributed by atoms with Crippen molar-refractivity contribution >= 4 is 5.97 Å². The van der Waals surface area contributed by atoms with Crippen molar-refractivity contribution in [3.8, 4) is 0 Å². The van der Waals surface area contributed by atoms with Crippen molar-refractivity contribution in [3.05, 3.63) is 0 Å². The first kappa shape index (κ1) is 15.4. The molecule has 4 heteroatoms. The SMILES string of the molecule is CCCC1(C(=O)O)CCCN1CCN(CC)CC. The van der Waals surface area contributed by atoms with Crippen molar-refractivity contribution in [2.45, 2.75) is 52.0 Å². The molecule has 1 rings (SSSR count). The molecule has 0 aromatic carbocycles. The van der Waals surface area contributed by atoms with E-state index < -0.39 is 11.5 Å². The molecule has 0 bridgehead atoms. The van der Waals surface area contributed by atoms with Crippen molar-refractivity contribution in [1.29, 1.82) is 0 Å². The fraction of sp³-hybridized carbons (Fsp3) is 0.929. The summed E-state index contributed by atoms with van der Waals surface area (Å²) in [5, 5.41) is 9.59. The second kappa shape index (κ2) is 7.10. The number of carboxylic acids is 1. The molecule has 1 saturated heterocycles. The number of aliphatic carboxylic acids is 1. The minimum absolute atomic E-state index is 0.581. The predicted octanol–water partition coefficient (Wildman–Crippen LogP) is 2.05. The van der Waals surface area contributed by atoms with Gasteiger partial charge in [-0.15, -0.1) is 0 Å². The molecule has 1 atom stereocenters. The highest BCUT2D eigenvalue weighted by molar-refractivity contribution is 5.79. The molecule has 0 radical (unpaired) electrons. The van der Waals surface area contributed by atoms with Crippen molar-refractivity contribution in [2.75, 3.05) is 32.7 Å². The van der Waals surface area contributed by atoms with E-state index in [-0.39, 0.29) is 0 Å². The zero-order valence-electron chi connectivity index (χ0n) is 12.1. The first-order chi connectivity index (χ1) is 8.60. The molecule has 0 amide bonds. The molecule has 1 aliphatic rings. The van der Waals surface area contributed by atoms with Crippen molar-refractivity contribution < 1.29 is 9.90 Å². The number of likely N-dealkylation sites (tertiary alicyclic amines) is 1. The maximum atomic E-state index is 11.7. The van der Waals surface area contributed by atoms with E-state index in [1.165, 1.54) is 0 Å². The first-order valence-electron chi connectivity index (χ1n) is 7.31. The van der Waals surface area contributed by atoms with Crippen molar-refractivity contribution in [3.63, 3.8) is 0 Å². The Balaban J connectivity index is 2.64. The lowest BCUT2D eigenvalue weighted by Gasteiger charge is -2.35. The van der Waals surface area contributed by atoms with Crippen LogP contribution in [0.2, 0.25) is 0 Å². The lowest BCUT2D eigenvalue weighted by molar-refractivity contribution is -0.150. The summed E-state index contributed by atoms with van der Waals surface area (Å²) >= 11 is 0. The van der Waals surface area contributed by atoms with Crippen LogP contribution in [0.25, 0.3) is 0 Å². The summed E-state index contributed by atoms with van der Waals surface area (Å²) in [5.74, 6) is -0.624. The van der Waals surface area contributed by atoms with Gasteiger partial charge >= 0.3 is 5.97 Å². The van der Waals surface area contributed by atoms with Crippen LogP contribution in [0.5, 0.6) is 0 Å². The molecule has 0 spiro atoms. The topological polar surface area (TPSA) is 43.8 Å². The van der Waals surface area contributed by atoms with Crippen LogP contribution in [0, 0.1) is 0 Å². The van der Waals surface area contributed by atoms with Gasteiger partial charge in [-0.2, -0.15) is 0 Å². The van der Waals surface area contributed by atoms with E-state index in [0.717, 1.165) is 58.4 Å². The monoisotopic (exact) mass is 256 g/mol. The number of carbonyl (C=O) groups is 1. The largest absolute Gasteiger partial charge is 0.480 e.